The fraction of sp³-hybridized carbons (Fsp3) is 0.688. The van der Waals surface area contributed by atoms with Gasteiger partial charge < -0.3 is 4.74 Å². The first-order valence-electron chi connectivity index (χ1n) is 7.31. The van der Waals surface area contributed by atoms with Gasteiger partial charge in [0.15, 0.2) is 0 Å². The van der Waals surface area contributed by atoms with Crippen molar-refractivity contribution in [3.8, 4) is 0 Å². The molecule has 0 saturated carbocycles. The molecule has 18 heavy (non-hydrogen) atoms. The molecule has 0 atom stereocenters. The van der Waals surface area contributed by atoms with Crippen LogP contribution in [0.4, 0.5) is 0 Å². The van der Waals surface area contributed by atoms with Crippen molar-refractivity contribution >= 4 is 5.97 Å². The van der Waals surface area contributed by atoms with Crippen LogP contribution in [0.3, 0.4) is 0 Å². The summed E-state index contributed by atoms with van der Waals surface area (Å²) >= 11 is 0. The Hall–Kier alpha value is -1.05. The predicted octanol–water partition coefficient (Wildman–Crippen LogP) is 4.80. The summed E-state index contributed by atoms with van der Waals surface area (Å²) in [6.45, 7) is 4.49. The van der Waals surface area contributed by atoms with Crippen molar-refractivity contribution in [2.75, 3.05) is 6.61 Å². The zero-order valence-electron chi connectivity index (χ0n) is 12.0. The Balaban J connectivity index is 3.30. The predicted molar refractivity (Wildman–Crippen MR) is 77.5 cm³/mol. The van der Waals surface area contributed by atoms with E-state index in [4.69, 9.17) is 4.74 Å². The second-order valence-electron chi connectivity index (χ2n) is 4.45. The Labute approximate surface area is 112 Å². The fourth-order valence-corrected chi connectivity index (χ4v) is 1.72. The van der Waals surface area contributed by atoms with Crippen molar-refractivity contribution < 1.29 is 9.53 Å². The van der Waals surface area contributed by atoms with Crippen LogP contribution in [0.5, 0.6) is 0 Å². The molecule has 0 amide bonds. The maximum Gasteiger partial charge on any atom is 0.330 e. The van der Waals surface area contributed by atoms with Gasteiger partial charge in [0.25, 0.3) is 0 Å². The molecule has 0 aliphatic carbocycles. The molecular formula is C16H28O2. The van der Waals surface area contributed by atoms with Crippen LogP contribution >= 0.6 is 0 Å². The molecule has 0 rings (SSSR count). The standard InChI is InChI=1S/C16H28O2/c1-3-5-6-7-8-9-10-11-12-13-14-15-16(17)18-4-2/h12-15H,3-11H2,1-2H3/b13-12+,15-14+. The number of esters is 1. The normalized spacial score (nSPS) is 11.4. The first kappa shape index (κ1) is 16.9. The lowest BCUT2D eigenvalue weighted by Crippen LogP contribution is -1.98. The average molecular weight is 252 g/mol. The van der Waals surface area contributed by atoms with E-state index in [1.54, 1.807) is 6.08 Å². The number of unbranched alkanes of at least 4 members (excludes halogenated alkanes) is 7. The van der Waals surface area contributed by atoms with Crippen LogP contribution in [0, 0.1) is 0 Å². The highest BCUT2D eigenvalue weighted by Gasteiger charge is 1.90. The molecule has 0 N–H and O–H groups in total. The fourth-order valence-electron chi connectivity index (χ4n) is 1.72. The van der Waals surface area contributed by atoms with E-state index >= 15 is 0 Å². The smallest absolute Gasteiger partial charge is 0.330 e. The van der Waals surface area contributed by atoms with Gasteiger partial charge in [0, 0.05) is 6.08 Å². The van der Waals surface area contributed by atoms with Crippen molar-refractivity contribution in [3.05, 3.63) is 24.3 Å². The lowest BCUT2D eigenvalue weighted by atomic mass is 10.1. The number of rotatable bonds is 11. The van der Waals surface area contributed by atoms with Gasteiger partial charge >= 0.3 is 5.97 Å². The molecule has 0 aromatic rings. The number of hydrogen-bond donors (Lipinski definition) is 0. The third-order valence-electron chi connectivity index (χ3n) is 2.74. The van der Waals surface area contributed by atoms with E-state index in [0.29, 0.717) is 6.61 Å². The molecule has 0 aliphatic rings. The summed E-state index contributed by atoms with van der Waals surface area (Å²) in [6.07, 6.45) is 17.7. The molecule has 0 saturated heterocycles. The van der Waals surface area contributed by atoms with Crippen molar-refractivity contribution in [1.29, 1.82) is 0 Å². The summed E-state index contributed by atoms with van der Waals surface area (Å²) in [4.78, 5) is 11.0. The molecule has 2 nitrogen and oxygen atoms in total. The van der Waals surface area contributed by atoms with Crippen LogP contribution in [0.25, 0.3) is 0 Å². The Kier molecular flexibility index (Phi) is 13.2. The minimum atomic E-state index is -0.266. The summed E-state index contributed by atoms with van der Waals surface area (Å²) in [7, 11) is 0. The number of hydrogen-bond acceptors (Lipinski definition) is 2. The third-order valence-corrected chi connectivity index (χ3v) is 2.74. The molecule has 0 bridgehead atoms. The van der Waals surface area contributed by atoms with Crippen molar-refractivity contribution in [2.45, 2.75) is 65.2 Å². The highest BCUT2D eigenvalue weighted by atomic mass is 16.5. The average Bonchev–Trinajstić information content (AvgIpc) is 2.36. The second-order valence-corrected chi connectivity index (χ2v) is 4.45. The maximum absolute atomic E-state index is 11.0. The van der Waals surface area contributed by atoms with Gasteiger partial charge in [0.05, 0.1) is 6.61 Å². The lowest BCUT2D eigenvalue weighted by molar-refractivity contribution is -0.137. The van der Waals surface area contributed by atoms with Gasteiger partial charge in [-0.25, -0.2) is 4.79 Å². The minimum Gasteiger partial charge on any atom is -0.463 e. The summed E-state index contributed by atoms with van der Waals surface area (Å²) < 4.78 is 4.77. The highest BCUT2D eigenvalue weighted by molar-refractivity contribution is 5.82. The molecule has 0 unspecified atom stereocenters. The number of allylic oxidation sites excluding steroid dienone is 3. The molecule has 0 aliphatic heterocycles. The van der Waals surface area contributed by atoms with Crippen LogP contribution in [0.15, 0.2) is 24.3 Å². The Morgan fingerprint density at radius 2 is 1.61 bits per heavy atom. The van der Waals surface area contributed by atoms with E-state index in [-0.39, 0.29) is 5.97 Å². The maximum atomic E-state index is 11.0. The van der Waals surface area contributed by atoms with E-state index in [0.717, 1.165) is 6.42 Å². The van der Waals surface area contributed by atoms with Crippen LogP contribution in [-0.4, -0.2) is 12.6 Å². The van der Waals surface area contributed by atoms with Gasteiger partial charge in [-0.1, -0.05) is 63.7 Å². The molecule has 0 radical (unpaired) electrons. The topological polar surface area (TPSA) is 26.3 Å². The van der Waals surface area contributed by atoms with Crippen molar-refractivity contribution in [3.63, 3.8) is 0 Å². The van der Waals surface area contributed by atoms with E-state index < -0.39 is 0 Å². The first-order chi connectivity index (χ1) is 8.81. The van der Waals surface area contributed by atoms with Gasteiger partial charge in [0.1, 0.15) is 0 Å². The summed E-state index contributed by atoms with van der Waals surface area (Å²) in [5.41, 5.74) is 0. The van der Waals surface area contributed by atoms with Crippen LogP contribution in [0.1, 0.15) is 65.2 Å². The van der Waals surface area contributed by atoms with Gasteiger partial charge in [-0.15, -0.1) is 0 Å². The Bertz CT molecular complexity index is 241. The largest absolute Gasteiger partial charge is 0.463 e. The van der Waals surface area contributed by atoms with Crippen molar-refractivity contribution in [2.24, 2.45) is 0 Å². The van der Waals surface area contributed by atoms with E-state index in [9.17, 15) is 4.79 Å². The zero-order chi connectivity index (χ0) is 13.5. The summed E-state index contributed by atoms with van der Waals surface area (Å²) in [5, 5.41) is 0. The van der Waals surface area contributed by atoms with E-state index in [1.807, 2.05) is 13.0 Å². The Morgan fingerprint density at radius 3 is 2.28 bits per heavy atom. The molecule has 0 aromatic carbocycles. The van der Waals surface area contributed by atoms with Crippen molar-refractivity contribution in [1.82, 2.24) is 0 Å². The molecular weight excluding hydrogens is 224 g/mol. The van der Waals surface area contributed by atoms with Gasteiger partial charge in [-0.3, -0.25) is 0 Å². The van der Waals surface area contributed by atoms with Gasteiger partial charge in [-0.2, -0.15) is 0 Å². The second kappa shape index (κ2) is 14.0. The van der Waals surface area contributed by atoms with E-state index in [2.05, 4.69) is 13.0 Å². The Morgan fingerprint density at radius 1 is 0.944 bits per heavy atom. The van der Waals surface area contributed by atoms with Gasteiger partial charge in [-0.05, 0) is 19.8 Å². The molecule has 0 heterocycles. The van der Waals surface area contributed by atoms with Crippen LogP contribution in [-0.2, 0) is 9.53 Å². The molecule has 2 heteroatoms. The van der Waals surface area contributed by atoms with Crippen LogP contribution in [0.2, 0.25) is 0 Å². The minimum absolute atomic E-state index is 0.266. The third kappa shape index (κ3) is 13.0. The van der Waals surface area contributed by atoms with E-state index in [1.165, 1.54) is 51.0 Å². The lowest BCUT2D eigenvalue weighted by Gasteiger charge is -1.98. The molecule has 104 valence electrons. The summed E-state index contributed by atoms with van der Waals surface area (Å²) in [6, 6.07) is 0. The first-order valence-corrected chi connectivity index (χ1v) is 7.31. The monoisotopic (exact) mass is 252 g/mol. The highest BCUT2D eigenvalue weighted by Crippen LogP contribution is 2.08. The number of carbonyl (C=O) groups is 1. The number of carbonyl (C=O) groups excluding carboxylic acids is 1. The van der Waals surface area contributed by atoms with Gasteiger partial charge in [0.2, 0.25) is 0 Å². The number of ether oxygens (including phenoxy) is 1. The quantitative estimate of drug-likeness (QED) is 0.228. The van der Waals surface area contributed by atoms with Crippen LogP contribution < -0.4 is 0 Å². The molecule has 0 spiro atoms. The molecule has 0 aromatic heterocycles. The summed E-state index contributed by atoms with van der Waals surface area (Å²) in [5.74, 6) is -0.266. The SMILES string of the molecule is CCCCCCCCC/C=C/C=C/C(=O)OCC. The molecule has 0 fully saturated rings. The zero-order valence-corrected chi connectivity index (χ0v) is 12.0.